The highest BCUT2D eigenvalue weighted by Crippen LogP contribution is 2.26. The molecule has 2 rings (SSSR count). The number of rotatable bonds is 4. The zero-order valence-electron chi connectivity index (χ0n) is 10.0. The van der Waals surface area contributed by atoms with E-state index in [1.807, 2.05) is 0 Å². The zero-order valence-corrected chi connectivity index (χ0v) is 11.6. The number of hydrogen-bond donors (Lipinski definition) is 1. The average molecular weight is 315 g/mol. The van der Waals surface area contributed by atoms with Crippen molar-refractivity contribution in [1.29, 1.82) is 0 Å². The van der Waals surface area contributed by atoms with E-state index in [0.29, 0.717) is 33.1 Å². The molecule has 0 spiro atoms. The van der Waals surface area contributed by atoms with Crippen molar-refractivity contribution < 1.29 is 13.6 Å². The van der Waals surface area contributed by atoms with E-state index in [9.17, 15) is 13.6 Å². The van der Waals surface area contributed by atoms with Crippen LogP contribution in [0, 0.1) is 0 Å². The molecule has 1 amide bonds. The molecular weight excluding hydrogens is 306 g/mol. The summed E-state index contributed by atoms with van der Waals surface area (Å²) >= 11 is 6.08. The minimum Gasteiger partial charge on any atom is -0.322 e. The number of amides is 1. The first kappa shape index (κ1) is 14.7. The third-order valence-electron chi connectivity index (χ3n) is 2.33. The lowest BCUT2D eigenvalue weighted by atomic mass is 10.2. The van der Waals surface area contributed by atoms with Gasteiger partial charge in [-0.15, -0.1) is 0 Å². The Bertz CT molecular complexity index is 590. The molecule has 0 atom stereocenters. The molecule has 2 aromatic rings. The van der Waals surface area contributed by atoms with E-state index in [4.69, 9.17) is 11.6 Å². The van der Waals surface area contributed by atoms with Crippen LogP contribution in [0.1, 0.15) is 10.4 Å². The van der Waals surface area contributed by atoms with Gasteiger partial charge in [0.25, 0.3) is 11.7 Å². The Morgan fingerprint density at radius 2 is 1.90 bits per heavy atom. The molecule has 0 aliphatic rings. The highest BCUT2D eigenvalue weighted by molar-refractivity contribution is 7.99. The van der Waals surface area contributed by atoms with Gasteiger partial charge in [-0.3, -0.25) is 4.79 Å². The van der Waals surface area contributed by atoms with E-state index in [-0.39, 0.29) is 5.91 Å². The number of hydrogen-bond acceptors (Lipinski definition) is 3. The fraction of sp³-hybridized carbons (Fsp3) is 0.0769. The maximum atomic E-state index is 12.2. The predicted molar refractivity (Wildman–Crippen MR) is 75.5 cm³/mol. The van der Waals surface area contributed by atoms with Crippen LogP contribution in [0.4, 0.5) is 14.5 Å². The van der Waals surface area contributed by atoms with E-state index in [0.717, 1.165) is 0 Å². The first-order valence-corrected chi connectivity index (χ1v) is 6.78. The normalized spacial score (nSPS) is 10.6. The topological polar surface area (TPSA) is 42.0 Å². The number of aromatic nitrogens is 1. The Morgan fingerprint density at radius 1 is 1.20 bits per heavy atom. The molecule has 7 heteroatoms. The molecule has 1 N–H and O–H groups in total. The number of alkyl halides is 2. The molecule has 0 fully saturated rings. The lowest BCUT2D eigenvalue weighted by Gasteiger charge is -2.06. The van der Waals surface area contributed by atoms with Crippen LogP contribution in [0.15, 0.2) is 47.5 Å². The molecule has 0 saturated carbocycles. The number of nitrogens with zero attached hydrogens (tertiary/aromatic N) is 1. The Kier molecular flexibility index (Phi) is 4.92. The second-order valence-electron chi connectivity index (χ2n) is 3.73. The Hall–Kier alpha value is -1.66. The molecule has 0 unspecified atom stereocenters. The number of nitrogens with one attached hydrogen (secondary N) is 1. The molecule has 3 nitrogen and oxygen atoms in total. The molecule has 1 aromatic heterocycles. The first-order valence-electron chi connectivity index (χ1n) is 5.52. The van der Waals surface area contributed by atoms with E-state index >= 15 is 0 Å². The van der Waals surface area contributed by atoms with Crippen LogP contribution in [0.25, 0.3) is 0 Å². The van der Waals surface area contributed by atoms with E-state index in [1.54, 1.807) is 18.2 Å². The molecule has 0 radical (unpaired) electrons. The summed E-state index contributed by atoms with van der Waals surface area (Å²) in [7, 11) is 0. The predicted octanol–water partition coefficient (Wildman–Crippen LogP) is 4.30. The fourth-order valence-corrected chi connectivity index (χ4v) is 2.04. The van der Waals surface area contributed by atoms with Crippen LogP contribution in [0.2, 0.25) is 5.15 Å². The lowest BCUT2D eigenvalue weighted by Crippen LogP contribution is -2.11. The van der Waals surface area contributed by atoms with Gasteiger partial charge in [-0.25, -0.2) is 4.98 Å². The fourth-order valence-electron chi connectivity index (χ4n) is 1.43. The lowest BCUT2D eigenvalue weighted by molar-refractivity contribution is 0.102. The summed E-state index contributed by atoms with van der Waals surface area (Å²) in [5.41, 5.74) is 0.879. The van der Waals surface area contributed by atoms with Crippen molar-refractivity contribution in [3.63, 3.8) is 0 Å². The van der Waals surface area contributed by atoms with Crippen molar-refractivity contribution in [2.75, 3.05) is 5.32 Å². The molecule has 0 bridgehead atoms. The van der Waals surface area contributed by atoms with E-state index in [1.165, 1.54) is 24.4 Å². The number of carbonyl (C=O) groups is 1. The van der Waals surface area contributed by atoms with Gasteiger partial charge in [-0.2, -0.15) is 8.78 Å². The SMILES string of the molecule is O=C(Nc1ccc(SC(F)F)cc1)c1ccc(Cl)nc1. The number of anilines is 1. The van der Waals surface area contributed by atoms with Gasteiger partial charge < -0.3 is 5.32 Å². The second kappa shape index (κ2) is 6.67. The van der Waals surface area contributed by atoms with Crippen LogP contribution >= 0.6 is 23.4 Å². The average Bonchev–Trinajstić information content (AvgIpc) is 2.41. The maximum absolute atomic E-state index is 12.2. The molecule has 0 aliphatic carbocycles. The molecule has 20 heavy (non-hydrogen) atoms. The first-order chi connectivity index (χ1) is 9.54. The van der Waals surface area contributed by atoms with Crippen molar-refractivity contribution in [3.05, 3.63) is 53.3 Å². The maximum Gasteiger partial charge on any atom is 0.288 e. The second-order valence-corrected chi connectivity index (χ2v) is 5.18. The van der Waals surface area contributed by atoms with Crippen LogP contribution < -0.4 is 5.32 Å². The van der Waals surface area contributed by atoms with Gasteiger partial charge in [-0.1, -0.05) is 23.4 Å². The van der Waals surface area contributed by atoms with Crippen molar-refractivity contribution in [1.82, 2.24) is 4.98 Å². The monoisotopic (exact) mass is 314 g/mol. The van der Waals surface area contributed by atoms with E-state index in [2.05, 4.69) is 10.3 Å². The summed E-state index contributed by atoms with van der Waals surface area (Å²) in [6.45, 7) is 0. The van der Waals surface area contributed by atoms with E-state index < -0.39 is 5.76 Å². The van der Waals surface area contributed by atoms with Crippen molar-refractivity contribution in [2.24, 2.45) is 0 Å². The van der Waals surface area contributed by atoms with Crippen LogP contribution in [0.3, 0.4) is 0 Å². The highest BCUT2D eigenvalue weighted by atomic mass is 35.5. The standard InChI is InChI=1S/C13H9ClF2N2OS/c14-11-6-1-8(7-17-11)12(19)18-9-2-4-10(5-3-9)20-13(15)16/h1-7,13H,(H,18,19). The summed E-state index contributed by atoms with van der Waals surface area (Å²) in [6.07, 6.45) is 1.36. The summed E-state index contributed by atoms with van der Waals surface area (Å²) in [6, 6.07) is 9.22. The van der Waals surface area contributed by atoms with Gasteiger partial charge in [0, 0.05) is 16.8 Å². The molecule has 104 valence electrons. The third-order valence-corrected chi connectivity index (χ3v) is 3.27. The van der Waals surface area contributed by atoms with Crippen LogP contribution in [-0.2, 0) is 0 Å². The third kappa shape index (κ3) is 4.18. The largest absolute Gasteiger partial charge is 0.322 e. The Labute approximate surface area is 123 Å². The highest BCUT2D eigenvalue weighted by Gasteiger charge is 2.08. The van der Waals surface area contributed by atoms with Gasteiger partial charge >= 0.3 is 0 Å². The van der Waals surface area contributed by atoms with Crippen LogP contribution in [0.5, 0.6) is 0 Å². The number of pyridine rings is 1. The summed E-state index contributed by atoms with van der Waals surface area (Å²) in [5.74, 6) is -2.81. The smallest absolute Gasteiger partial charge is 0.288 e. The number of halogens is 3. The molecule has 1 aromatic carbocycles. The summed E-state index contributed by atoms with van der Waals surface area (Å²) in [4.78, 5) is 16.1. The molecular formula is C13H9ClF2N2OS. The number of benzene rings is 1. The molecule has 1 heterocycles. The number of thioether (sulfide) groups is 1. The van der Waals surface area contributed by atoms with Gasteiger partial charge in [0.05, 0.1) is 5.56 Å². The quantitative estimate of drug-likeness (QED) is 0.675. The number of carbonyl (C=O) groups excluding carboxylic acids is 1. The summed E-state index contributed by atoms with van der Waals surface area (Å²) in [5, 5.41) is 2.94. The zero-order chi connectivity index (χ0) is 14.5. The van der Waals surface area contributed by atoms with Gasteiger partial charge in [0.15, 0.2) is 0 Å². The molecule has 0 aliphatic heterocycles. The summed E-state index contributed by atoms with van der Waals surface area (Å²) < 4.78 is 24.3. The van der Waals surface area contributed by atoms with Crippen LogP contribution in [-0.4, -0.2) is 16.6 Å². The van der Waals surface area contributed by atoms with Crippen molar-refractivity contribution in [3.8, 4) is 0 Å². The minimum absolute atomic E-state index is 0.301. The Balaban J connectivity index is 2.02. The Morgan fingerprint density at radius 3 is 2.45 bits per heavy atom. The van der Waals surface area contributed by atoms with Crippen molar-refractivity contribution in [2.45, 2.75) is 10.7 Å². The molecule has 0 saturated heterocycles. The van der Waals surface area contributed by atoms with Gasteiger partial charge in [0.1, 0.15) is 5.15 Å². The van der Waals surface area contributed by atoms with Gasteiger partial charge in [-0.05, 0) is 36.4 Å². The van der Waals surface area contributed by atoms with Gasteiger partial charge in [0.2, 0.25) is 0 Å². The minimum atomic E-state index is -2.46. The van der Waals surface area contributed by atoms with Crippen molar-refractivity contribution >= 4 is 35.0 Å².